The molecular weight excluding hydrogens is 333 g/mol. The standard InChI is InChI=1S/C18H23F3N2O2/c1-17(2,3)23-16(24)25-11-12-4-5-15(18(19,20)21)14(10-12)13-6-8-22-9-7-13/h4-6,10,22H,7-9,11H2,1-3H3,(H,23,24). The van der Waals surface area contributed by atoms with E-state index in [1.165, 1.54) is 12.1 Å². The van der Waals surface area contributed by atoms with Crippen molar-refractivity contribution in [1.29, 1.82) is 0 Å². The van der Waals surface area contributed by atoms with Crippen molar-refractivity contribution in [2.24, 2.45) is 0 Å². The molecule has 7 heteroatoms. The molecule has 0 bridgehead atoms. The maximum absolute atomic E-state index is 13.3. The summed E-state index contributed by atoms with van der Waals surface area (Å²) in [6.45, 7) is 6.54. The predicted molar refractivity (Wildman–Crippen MR) is 90.0 cm³/mol. The van der Waals surface area contributed by atoms with E-state index in [0.717, 1.165) is 6.07 Å². The maximum Gasteiger partial charge on any atom is 0.416 e. The van der Waals surface area contributed by atoms with Crippen LogP contribution < -0.4 is 10.6 Å². The first-order valence-corrected chi connectivity index (χ1v) is 8.11. The second-order valence-electron chi connectivity index (χ2n) is 7.01. The summed E-state index contributed by atoms with van der Waals surface area (Å²) in [6.07, 6.45) is -2.73. The third-order valence-corrected chi connectivity index (χ3v) is 3.65. The smallest absolute Gasteiger partial charge is 0.416 e. The molecule has 0 saturated carbocycles. The van der Waals surface area contributed by atoms with Crippen molar-refractivity contribution in [1.82, 2.24) is 10.6 Å². The van der Waals surface area contributed by atoms with Crippen LogP contribution in [0.4, 0.5) is 18.0 Å². The Morgan fingerprint density at radius 1 is 1.28 bits per heavy atom. The highest BCUT2D eigenvalue weighted by Gasteiger charge is 2.34. The van der Waals surface area contributed by atoms with Crippen LogP contribution in [-0.4, -0.2) is 24.7 Å². The fourth-order valence-corrected chi connectivity index (χ4v) is 2.55. The van der Waals surface area contributed by atoms with Gasteiger partial charge in [0.25, 0.3) is 0 Å². The van der Waals surface area contributed by atoms with Gasteiger partial charge in [-0.25, -0.2) is 4.79 Å². The summed E-state index contributed by atoms with van der Waals surface area (Å²) in [4.78, 5) is 11.7. The monoisotopic (exact) mass is 356 g/mol. The fraction of sp³-hybridized carbons (Fsp3) is 0.500. The molecule has 0 unspecified atom stereocenters. The molecule has 1 amide bonds. The molecule has 0 atom stereocenters. The lowest BCUT2D eigenvalue weighted by Gasteiger charge is -2.21. The van der Waals surface area contributed by atoms with Gasteiger partial charge in [0.2, 0.25) is 0 Å². The van der Waals surface area contributed by atoms with Crippen molar-refractivity contribution in [3.05, 3.63) is 41.0 Å². The quantitative estimate of drug-likeness (QED) is 0.857. The molecule has 0 saturated heterocycles. The Bertz CT molecular complexity index is 661. The van der Waals surface area contributed by atoms with Crippen molar-refractivity contribution in [3.63, 3.8) is 0 Å². The summed E-state index contributed by atoms with van der Waals surface area (Å²) < 4.78 is 45.0. The number of rotatable bonds is 3. The first kappa shape index (κ1) is 19.3. The van der Waals surface area contributed by atoms with Gasteiger partial charge in [-0.2, -0.15) is 13.2 Å². The normalized spacial score (nSPS) is 15.5. The number of benzene rings is 1. The molecule has 1 heterocycles. The average molecular weight is 356 g/mol. The summed E-state index contributed by atoms with van der Waals surface area (Å²) in [7, 11) is 0. The van der Waals surface area contributed by atoms with Crippen molar-refractivity contribution in [3.8, 4) is 0 Å². The Balaban J connectivity index is 2.21. The molecule has 25 heavy (non-hydrogen) atoms. The number of carbonyl (C=O) groups is 1. The van der Waals surface area contributed by atoms with E-state index in [4.69, 9.17) is 4.74 Å². The number of amides is 1. The molecule has 1 aromatic carbocycles. The van der Waals surface area contributed by atoms with E-state index in [-0.39, 0.29) is 12.2 Å². The van der Waals surface area contributed by atoms with E-state index < -0.39 is 23.4 Å². The lowest BCUT2D eigenvalue weighted by atomic mass is 9.93. The van der Waals surface area contributed by atoms with Gasteiger partial charge in [0.1, 0.15) is 6.61 Å². The summed E-state index contributed by atoms with van der Waals surface area (Å²) >= 11 is 0. The predicted octanol–water partition coefficient (Wildman–Crippen LogP) is 4.11. The minimum absolute atomic E-state index is 0.0847. The molecule has 4 nitrogen and oxygen atoms in total. The van der Waals surface area contributed by atoms with Crippen molar-refractivity contribution < 1.29 is 22.7 Å². The van der Waals surface area contributed by atoms with E-state index >= 15 is 0 Å². The van der Waals surface area contributed by atoms with Crippen LogP contribution in [0.2, 0.25) is 0 Å². The average Bonchev–Trinajstić information content (AvgIpc) is 2.51. The summed E-state index contributed by atoms with van der Waals surface area (Å²) in [5.74, 6) is 0. The highest BCUT2D eigenvalue weighted by Crippen LogP contribution is 2.36. The van der Waals surface area contributed by atoms with Crippen LogP contribution in [0.15, 0.2) is 24.3 Å². The lowest BCUT2D eigenvalue weighted by molar-refractivity contribution is -0.137. The van der Waals surface area contributed by atoms with E-state index in [0.29, 0.717) is 30.6 Å². The van der Waals surface area contributed by atoms with E-state index in [9.17, 15) is 18.0 Å². The molecule has 0 fully saturated rings. The number of alkyl halides is 3. The van der Waals surface area contributed by atoms with Crippen LogP contribution in [-0.2, 0) is 17.5 Å². The number of halogens is 3. The van der Waals surface area contributed by atoms with Crippen LogP contribution in [0.25, 0.3) is 5.57 Å². The number of alkyl carbamates (subject to hydrolysis) is 1. The van der Waals surface area contributed by atoms with Crippen LogP contribution in [0.1, 0.15) is 43.9 Å². The molecule has 138 valence electrons. The van der Waals surface area contributed by atoms with Crippen molar-refractivity contribution in [2.45, 2.75) is 45.5 Å². The summed E-state index contributed by atoms with van der Waals surface area (Å²) in [6, 6.07) is 3.86. The first-order chi connectivity index (χ1) is 11.6. The van der Waals surface area contributed by atoms with Gasteiger partial charge in [-0.1, -0.05) is 12.1 Å². The minimum Gasteiger partial charge on any atom is -0.445 e. The molecule has 0 spiro atoms. The Kier molecular flexibility index (Phi) is 5.77. The Labute approximate surface area is 145 Å². The molecule has 1 aliphatic heterocycles. The van der Waals surface area contributed by atoms with E-state index in [1.54, 1.807) is 6.08 Å². The van der Waals surface area contributed by atoms with Gasteiger partial charge >= 0.3 is 12.3 Å². The highest BCUT2D eigenvalue weighted by atomic mass is 19.4. The van der Waals surface area contributed by atoms with E-state index in [1.807, 2.05) is 20.8 Å². The highest BCUT2D eigenvalue weighted by molar-refractivity contribution is 5.71. The van der Waals surface area contributed by atoms with E-state index in [2.05, 4.69) is 10.6 Å². The topological polar surface area (TPSA) is 50.4 Å². The molecule has 0 radical (unpaired) electrons. The van der Waals surface area contributed by atoms with Gasteiger partial charge in [0, 0.05) is 12.1 Å². The zero-order valence-electron chi connectivity index (χ0n) is 14.6. The fourth-order valence-electron chi connectivity index (χ4n) is 2.55. The number of hydrogen-bond acceptors (Lipinski definition) is 3. The molecule has 2 N–H and O–H groups in total. The number of ether oxygens (including phenoxy) is 1. The summed E-state index contributed by atoms with van der Waals surface area (Å²) in [5, 5.41) is 5.73. The minimum atomic E-state index is -4.43. The maximum atomic E-state index is 13.3. The van der Waals surface area contributed by atoms with Crippen LogP contribution in [0, 0.1) is 0 Å². The van der Waals surface area contributed by atoms with Crippen LogP contribution in [0.5, 0.6) is 0 Å². The second-order valence-corrected chi connectivity index (χ2v) is 7.01. The van der Waals surface area contributed by atoms with Crippen molar-refractivity contribution in [2.75, 3.05) is 13.1 Å². The zero-order chi connectivity index (χ0) is 18.7. The lowest BCUT2D eigenvalue weighted by Crippen LogP contribution is -2.40. The van der Waals surface area contributed by atoms with Gasteiger partial charge in [-0.15, -0.1) is 0 Å². The van der Waals surface area contributed by atoms with Gasteiger partial charge < -0.3 is 15.4 Å². The third kappa shape index (κ3) is 5.77. The Hall–Kier alpha value is -2.02. The molecular formula is C18H23F3N2O2. The van der Waals surface area contributed by atoms with Crippen LogP contribution >= 0.6 is 0 Å². The molecule has 1 aromatic rings. The second kappa shape index (κ2) is 7.47. The Morgan fingerprint density at radius 3 is 2.56 bits per heavy atom. The molecule has 0 aliphatic carbocycles. The van der Waals surface area contributed by atoms with Gasteiger partial charge in [0.15, 0.2) is 0 Å². The zero-order valence-corrected chi connectivity index (χ0v) is 14.6. The summed E-state index contributed by atoms with van der Waals surface area (Å²) in [5.41, 5.74) is 0.232. The largest absolute Gasteiger partial charge is 0.445 e. The number of carbonyl (C=O) groups excluding carboxylic acids is 1. The van der Waals surface area contributed by atoms with Crippen molar-refractivity contribution >= 4 is 11.7 Å². The number of nitrogens with one attached hydrogen (secondary N) is 2. The van der Waals surface area contributed by atoms with Crippen LogP contribution in [0.3, 0.4) is 0 Å². The third-order valence-electron chi connectivity index (χ3n) is 3.65. The molecule has 1 aliphatic rings. The van der Waals surface area contributed by atoms with Gasteiger partial charge in [-0.05, 0) is 62.6 Å². The molecule has 0 aromatic heterocycles. The van der Waals surface area contributed by atoms with Gasteiger partial charge in [0.05, 0.1) is 5.56 Å². The molecule has 2 rings (SSSR count). The van der Waals surface area contributed by atoms with Gasteiger partial charge in [-0.3, -0.25) is 0 Å². The Morgan fingerprint density at radius 2 is 2.00 bits per heavy atom. The first-order valence-electron chi connectivity index (χ1n) is 8.11. The SMILES string of the molecule is CC(C)(C)NC(=O)OCc1ccc(C(F)(F)F)c(C2=CCNCC2)c1. The number of hydrogen-bond donors (Lipinski definition) is 2.